The first-order chi connectivity index (χ1) is 5.97. The molecule has 0 aliphatic heterocycles. The summed E-state index contributed by atoms with van der Waals surface area (Å²) in [5.41, 5.74) is 0. The molecule has 0 unspecified atom stereocenters. The predicted octanol–water partition coefficient (Wildman–Crippen LogP) is 1.77. The van der Waals surface area contributed by atoms with E-state index in [0.717, 1.165) is 18.4 Å². The van der Waals surface area contributed by atoms with Crippen LogP contribution in [0.4, 0.5) is 0 Å². The van der Waals surface area contributed by atoms with Gasteiger partial charge in [-0.15, -0.1) is 0 Å². The molecular weight excluding hydrogens is 160 g/mol. The largest absolute Gasteiger partial charge is 0.309 e. The van der Waals surface area contributed by atoms with Crippen LogP contribution in [0.2, 0.25) is 0 Å². The Labute approximate surface area is 83.9 Å². The van der Waals surface area contributed by atoms with Crippen LogP contribution in [0.5, 0.6) is 0 Å². The summed E-state index contributed by atoms with van der Waals surface area (Å²) in [6.45, 7) is 10.5. The van der Waals surface area contributed by atoms with E-state index in [2.05, 4.69) is 51.7 Å². The van der Waals surface area contributed by atoms with E-state index in [9.17, 15) is 0 Å². The molecule has 0 aliphatic carbocycles. The van der Waals surface area contributed by atoms with E-state index >= 15 is 0 Å². The number of hydrogen-bond acceptors (Lipinski definition) is 2. The average Bonchev–Trinajstić information content (AvgIpc) is 2.02. The van der Waals surface area contributed by atoms with Crippen LogP contribution >= 0.6 is 0 Å². The fraction of sp³-hybridized carbons (Fsp3) is 1.00. The zero-order chi connectivity index (χ0) is 10.4. The summed E-state index contributed by atoms with van der Waals surface area (Å²) in [7, 11) is 6.48. The summed E-state index contributed by atoms with van der Waals surface area (Å²) in [6.07, 6.45) is 0. The van der Waals surface area contributed by atoms with Crippen LogP contribution in [-0.4, -0.2) is 50.6 Å². The Hall–Kier alpha value is -0.0800. The highest BCUT2D eigenvalue weighted by Gasteiger charge is 2.14. The summed E-state index contributed by atoms with van der Waals surface area (Å²) in [6, 6.07) is 0. The van der Waals surface area contributed by atoms with Crippen molar-refractivity contribution in [3.8, 4) is 0 Å². The second-order valence-corrected chi connectivity index (χ2v) is 4.57. The zero-order valence-corrected chi connectivity index (χ0v) is 10.2. The average molecular weight is 186 g/mol. The minimum absolute atomic E-state index is 0.781. The van der Waals surface area contributed by atoms with Gasteiger partial charge >= 0.3 is 0 Å². The maximum atomic E-state index is 2.39. The topological polar surface area (TPSA) is 6.48 Å². The summed E-state index contributed by atoms with van der Waals surface area (Å²) in [4.78, 5) is 4.66. The second-order valence-electron chi connectivity index (χ2n) is 4.57. The fourth-order valence-corrected chi connectivity index (χ4v) is 1.56. The monoisotopic (exact) mass is 186 g/mol. The van der Waals surface area contributed by atoms with Gasteiger partial charge < -0.3 is 9.80 Å². The molecule has 0 aliphatic rings. The lowest BCUT2D eigenvalue weighted by molar-refractivity contribution is 0.215. The molecular formula is C11H26N2. The minimum Gasteiger partial charge on any atom is -0.309 e. The van der Waals surface area contributed by atoms with Gasteiger partial charge in [-0.3, -0.25) is 0 Å². The van der Waals surface area contributed by atoms with Gasteiger partial charge in [0.05, 0.1) is 0 Å². The molecule has 13 heavy (non-hydrogen) atoms. The van der Waals surface area contributed by atoms with Crippen LogP contribution in [0.15, 0.2) is 0 Å². The Morgan fingerprint density at radius 3 is 1.77 bits per heavy atom. The maximum Gasteiger partial charge on any atom is 0.000687 e. The van der Waals surface area contributed by atoms with Crippen molar-refractivity contribution in [2.24, 2.45) is 11.8 Å². The predicted molar refractivity (Wildman–Crippen MR) is 60.1 cm³/mol. The molecule has 0 amide bonds. The molecule has 0 bridgehead atoms. The molecule has 0 fully saturated rings. The molecule has 0 saturated carbocycles. The van der Waals surface area contributed by atoms with Crippen LogP contribution in [0.3, 0.4) is 0 Å². The molecule has 0 saturated heterocycles. The molecule has 0 aromatic heterocycles. The molecule has 0 aromatic rings. The Balaban J connectivity index is 3.74. The lowest BCUT2D eigenvalue weighted by Gasteiger charge is -2.26. The summed E-state index contributed by atoms with van der Waals surface area (Å²) in [5.74, 6) is 1.57. The van der Waals surface area contributed by atoms with Crippen LogP contribution < -0.4 is 0 Å². The Bertz CT molecular complexity index is 123. The lowest BCUT2D eigenvalue weighted by atomic mass is 9.95. The van der Waals surface area contributed by atoms with Crippen LogP contribution in [0.1, 0.15) is 20.8 Å². The number of hydrogen-bond donors (Lipinski definition) is 0. The highest BCUT2D eigenvalue weighted by atomic mass is 15.1. The summed E-state index contributed by atoms with van der Waals surface area (Å²) >= 11 is 0. The second kappa shape index (κ2) is 6.39. The van der Waals surface area contributed by atoms with E-state index in [4.69, 9.17) is 0 Å². The van der Waals surface area contributed by atoms with Gasteiger partial charge in [0.15, 0.2) is 0 Å². The molecule has 2 heteroatoms. The van der Waals surface area contributed by atoms with Crippen molar-refractivity contribution < 1.29 is 0 Å². The van der Waals surface area contributed by atoms with Crippen LogP contribution in [-0.2, 0) is 0 Å². The van der Waals surface area contributed by atoms with E-state index in [1.165, 1.54) is 13.1 Å². The van der Waals surface area contributed by atoms with Gasteiger partial charge in [0, 0.05) is 13.1 Å². The van der Waals surface area contributed by atoms with E-state index in [0.29, 0.717) is 0 Å². The molecule has 0 spiro atoms. The van der Waals surface area contributed by atoms with Gasteiger partial charge in [0.2, 0.25) is 0 Å². The van der Waals surface area contributed by atoms with E-state index in [1.807, 2.05) is 0 Å². The first kappa shape index (κ1) is 12.9. The first-order valence-corrected chi connectivity index (χ1v) is 5.30. The summed E-state index contributed by atoms with van der Waals surface area (Å²) < 4.78 is 0. The van der Waals surface area contributed by atoms with Gasteiger partial charge in [0.25, 0.3) is 0 Å². The molecule has 0 N–H and O–H groups in total. The SMILES string of the molecule is CCN(C)C[C@@H](C)[C@H](C)CN(C)C. The van der Waals surface area contributed by atoms with Gasteiger partial charge in [-0.25, -0.2) is 0 Å². The third kappa shape index (κ3) is 6.05. The zero-order valence-electron chi connectivity index (χ0n) is 10.2. The smallest absolute Gasteiger partial charge is 0.000687 e. The van der Waals surface area contributed by atoms with E-state index in [-0.39, 0.29) is 0 Å². The van der Waals surface area contributed by atoms with E-state index < -0.39 is 0 Å². The van der Waals surface area contributed by atoms with Crippen molar-refractivity contribution in [2.75, 3.05) is 40.8 Å². The Kier molecular flexibility index (Phi) is 6.35. The third-order valence-electron chi connectivity index (χ3n) is 2.76. The van der Waals surface area contributed by atoms with Crippen LogP contribution in [0.25, 0.3) is 0 Å². The molecule has 0 rings (SSSR count). The highest BCUT2D eigenvalue weighted by Crippen LogP contribution is 2.12. The van der Waals surface area contributed by atoms with Crippen molar-refractivity contribution in [3.63, 3.8) is 0 Å². The van der Waals surface area contributed by atoms with Gasteiger partial charge in [-0.1, -0.05) is 20.8 Å². The number of rotatable bonds is 6. The minimum atomic E-state index is 0.781. The summed E-state index contributed by atoms with van der Waals surface area (Å²) in [5, 5.41) is 0. The molecule has 0 radical (unpaired) electrons. The normalized spacial score (nSPS) is 16.6. The molecule has 80 valence electrons. The first-order valence-electron chi connectivity index (χ1n) is 5.30. The fourth-order valence-electron chi connectivity index (χ4n) is 1.56. The van der Waals surface area contributed by atoms with Gasteiger partial charge in [-0.05, 0) is 39.5 Å². The Morgan fingerprint density at radius 1 is 0.923 bits per heavy atom. The molecule has 2 nitrogen and oxygen atoms in total. The van der Waals surface area contributed by atoms with Crippen molar-refractivity contribution >= 4 is 0 Å². The van der Waals surface area contributed by atoms with Crippen molar-refractivity contribution in [3.05, 3.63) is 0 Å². The lowest BCUT2D eigenvalue weighted by Crippen LogP contribution is -2.31. The maximum absolute atomic E-state index is 2.39. The standard InChI is InChI=1S/C11H26N2/c1-7-13(6)9-11(3)10(2)8-12(4)5/h10-11H,7-9H2,1-6H3/t10-,11-/m1/s1. The van der Waals surface area contributed by atoms with Crippen molar-refractivity contribution in [1.29, 1.82) is 0 Å². The highest BCUT2D eigenvalue weighted by molar-refractivity contribution is 4.67. The molecule has 0 aromatic carbocycles. The van der Waals surface area contributed by atoms with Gasteiger partial charge in [0.1, 0.15) is 0 Å². The molecule has 0 heterocycles. The van der Waals surface area contributed by atoms with Crippen LogP contribution in [0, 0.1) is 11.8 Å². The Morgan fingerprint density at radius 2 is 1.38 bits per heavy atom. The van der Waals surface area contributed by atoms with Crippen molar-refractivity contribution in [2.45, 2.75) is 20.8 Å². The van der Waals surface area contributed by atoms with Crippen molar-refractivity contribution in [1.82, 2.24) is 9.80 Å². The quantitative estimate of drug-likeness (QED) is 0.624. The van der Waals surface area contributed by atoms with E-state index in [1.54, 1.807) is 0 Å². The number of nitrogens with zero attached hydrogens (tertiary/aromatic N) is 2. The van der Waals surface area contributed by atoms with Gasteiger partial charge in [-0.2, -0.15) is 0 Å². The third-order valence-corrected chi connectivity index (χ3v) is 2.76. The molecule has 2 atom stereocenters.